The van der Waals surface area contributed by atoms with Gasteiger partial charge in [-0.3, -0.25) is 9.67 Å². The molecule has 0 aliphatic heterocycles. The van der Waals surface area contributed by atoms with Crippen molar-refractivity contribution in [3.05, 3.63) is 59.8 Å². The Morgan fingerprint density at radius 1 is 1.27 bits per heavy atom. The molecule has 0 spiro atoms. The van der Waals surface area contributed by atoms with Crippen molar-refractivity contribution in [1.29, 1.82) is 0 Å². The van der Waals surface area contributed by atoms with Crippen molar-refractivity contribution in [2.24, 2.45) is 12.0 Å². The lowest BCUT2D eigenvalue weighted by Gasteiger charge is -2.21. The standard InChI is InChI=1S/C19H22F3N7.HI/c1-23-18(25-9-14-11-29(3)27-17(14)19(20,21)22)28(2)12-16-24-10-15(26-16)13-7-5-4-6-8-13;/h4-8,10-11H,9,12H2,1-3H3,(H,23,25)(H,24,26);1H. The summed E-state index contributed by atoms with van der Waals surface area (Å²) in [5, 5.41) is 6.46. The number of alkyl halides is 3. The number of benzene rings is 1. The van der Waals surface area contributed by atoms with Crippen molar-refractivity contribution in [3.8, 4) is 11.3 Å². The lowest BCUT2D eigenvalue weighted by Crippen LogP contribution is -2.38. The highest BCUT2D eigenvalue weighted by Gasteiger charge is 2.36. The second kappa shape index (κ2) is 9.96. The number of hydrogen-bond acceptors (Lipinski definition) is 3. The van der Waals surface area contributed by atoms with E-state index < -0.39 is 11.9 Å². The highest BCUT2D eigenvalue weighted by atomic mass is 127. The largest absolute Gasteiger partial charge is 0.435 e. The number of aryl methyl sites for hydroxylation is 1. The van der Waals surface area contributed by atoms with E-state index in [1.165, 1.54) is 13.2 Å². The zero-order chi connectivity index (χ0) is 21.0. The van der Waals surface area contributed by atoms with E-state index in [4.69, 9.17) is 0 Å². The molecule has 3 aromatic rings. The summed E-state index contributed by atoms with van der Waals surface area (Å²) in [4.78, 5) is 13.5. The zero-order valence-electron chi connectivity index (χ0n) is 16.7. The molecule has 2 heterocycles. The van der Waals surface area contributed by atoms with Gasteiger partial charge in [0.2, 0.25) is 0 Å². The summed E-state index contributed by atoms with van der Waals surface area (Å²) >= 11 is 0. The third kappa shape index (κ3) is 5.74. The van der Waals surface area contributed by atoms with Gasteiger partial charge in [0.15, 0.2) is 11.7 Å². The number of guanidine groups is 1. The van der Waals surface area contributed by atoms with Crippen LogP contribution in [0, 0.1) is 0 Å². The zero-order valence-corrected chi connectivity index (χ0v) is 19.1. The molecule has 2 N–H and O–H groups in total. The van der Waals surface area contributed by atoms with Gasteiger partial charge in [0.05, 0.1) is 18.4 Å². The van der Waals surface area contributed by atoms with Crippen molar-refractivity contribution in [3.63, 3.8) is 0 Å². The minimum absolute atomic E-state index is 0. The molecule has 162 valence electrons. The Balaban J connectivity index is 0.00000320. The van der Waals surface area contributed by atoms with Gasteiger partial charge in [-0.1, -0.05) is 30.3 Å². The topological polar surface area (TPSA) is 74.1 Å². The molecular formula is C19H23F3IN7. The average molecular weight is 533 g/mol. The van der Waals surface area contributed by atoms with Crippen LogP contribution in [0.1, 0.15) is 17.1 Å². The predicted octanol–water partition coefficient (Wildman–Crippen LogP) is 3.65. The molecule has 0 bridgehead atoms. The van der Waals surface area contributed by atoms with Crippen LogP contribution >= 0.6 is 24.0 Å². The lowest BCUT2D eigenvalue weighted by molar-refractivity contribution is -0.142. The first-order valence-corrected chi connectivity index (χ1v) is 8.88. The lowest BCUT2D eigenvalue weighted by atomic mass is 10.2. The van der Waals surface area contributed by atoms with Gasteiger partial charge in [0.1, 0.15) is 5.82 Å². The van der Waals surface area contributed by atoms with Gasteiger partial charge >= 0.3 is 6.18 Å². The van der Waals surface area contributed by atoms with E-state index >= 15 is 0 Å². The maximum absolute atomic E-state index is 13.1. The third-order valence-corrected chi connectivity index (χ3v) is 4.28. The van der Waals surface area contributed by atoms with Crippen molar-refractivity contribution in [1.82, 2.24) is 30.0 Å². The van der Waals surface area contributed by atoms with Crippen LogP contribution in [0.5, 0.6) is 0 Å². The fourth-order valence-corrected chi connectivity index (χ4v) is 2.97. The van der Waals surface area contributed by atoms with Crippen LogP contribution < -0.4 is 5.32 Å². The SMILES string of the molecule is CN=C(NCc1cn(C)nc1C(F)(F)F)N(C)Cc1ncc(-c2ccccc2)[nH]1.I. The van der Waals surface area contributed by atoms with E-state index in [0.717, 1.165) is 15.9 Å². The quantitative estimate of drug-likeness (QED) is 0.299. The molecule has 2 aromatic heterocycles. The minimum atomic E-state index is -4.50. The summed E-state index contributed by atoms with van der Waals surface area (Å²) in [6.07, 6.45) is -1.41. The molecule has 0 unspecified atom stereocenters. The van der Waals surface area contributed by atoms with Gasteiger partial charge in [0.25, 0.3) is 0 Å². The van der Waals surface area contributed by atoms with E-state index in [0.29, 0.717) is 18.3 Å². The Morgan fingerprint density at radius 3 is 2.60 bits per heavy atom. The number of imidazole rings is 1. The molecular weight excluding hydrogens is 510 g/mol. The summed E-state index contributed by atoms with van der Waals surface area (Å²) in [6, 6.07) is 9.79. The normalized spacial score (nSPS) is 11.9. The van der Waals surface area contributed by atoms with Crippen LogP contribution in [0.2, 0.25) is 0 Å². The minimum Gasteiger partial charge on any atom is -0.352 e. The van der Waals surface area contributed by atoms with Crippen LogP contribution in [0.4, 0.5) is 13.2 Å². The maximum Gasteiger partial charge on any atom is 0.435 e. The molecule has 0 atom stereocenters. The molecule has 0 radical (unpaired) electrons. The van der Waals surface area contributed by atoms with Gasteiger partial charge < -0.3 is 15.2 Å². The Morgan fingerprint density at radius 2 is 1.97 bits per heavy atom. The second-order valence-corrected chi connectivity index (χ2v) is 6.54. The Hall–Kier alpha value is -2.57. The third-order valence-electron chi connectivity index (χ3n) is 4.28. The summed E-state index contributed by atoms with van der Waals surface area (Å²) in [5.41, 5.74) is 1.07. The van der Waals surface area contributed by atoms with Crippen molar-refractivity contribution in [2.45, 2.75) is 19.3 Å². The van der Waals surface area contributed by atoms with Crippen LogP contribution in [-0.4, -0.2) is 44.7 Å². The van der Waals surface area contributed by atoms with Crippen LogP contribution in [-0.2, 0) is 26.3 Å². The number of rotatable bonds is 5. The molecule has 0 fully saturated rings. The molecule has 30 heavy (non-hydrogen) atoms. The molecule has 0 aliphatic rings. The van der Waals surface area contributed by atoms with E-state index in [-0.39, 0.29) is 36.1 Å². The summed E-state index contributed by atoms with van der Waals surface area (Å²) < 4.78 is 40.5. The van der Waals surface area contributed by atoms with E-state index in [2.05, 4.69) is 25.4 Å². The van der Waals surface area contributed by atoms with Crippen LogP contribution in [0.3, 0.4) is 0 Å². The van der Waals surface area contributed by atoms with Gasteiger partial charge in [-0.2, -0.15) is 18.3 Å². The first-order chi connectivity index (χ1) is 13.8. The van der Waals surface area contributed by atoms with Crippen molar-refractivity contribution >= 4 is 29.9 Å². The predicted molar refractivity (Wildman–Crippen MR) is 119 cm³/mol. The van der Waals surface area contributed by atoms with Crippen LogP contribution in [0.15, 0.2) is 47.7 Å². The van der Waals surface area contributed by atoms with Crippen LogP contribution in [0.25, 0.3) is 11.3 Å². The highest BCUT2D eigenvalue weighted by Crippen LogP contribution is 2.30. The molecule has 0 saturated carbocycles. The number of nitrogens with one attached hydrogen (secondary N) is 2. The van der Waals surface area contributed by atoms with Gasteiger partial charge in [-0.25, -0.2) is 4.98 Å². The summed E-state index contributed by atoms with van der Waals surface area (Å²) in [5.74, 6) is 1.16. The average Bonchev–Trinajstić information content (AvgIpc) is 3.29. The molecule has 3 rings (SSSR count). The van der Waals surface area contributed by atoms with Gasteiger partial charge in [-0.15, -0.1) is 24.0 Å². The molecule has 1 aromatic carbocycles. The monoisotopic (exact) mass is 533 g/mol. The summed E-state index contributed by atoms with van der Waals surface area (Å²) in [7, 11) is 4.82. The first-order valence-electron chi connectivity index (χ1n) is 8.88. The van der Waals surface area contributed by atoms with Gasteiger partial charge in [0, 0.05) is 39.4 Å². The number of aromatic nitrogens is 4. The van der Waals surface area contributed by atoms with E-state index in [1.54, 1.807) is 25.2 Å². The molecule has 0 amide bonds. The van der Waals surface area contributed by atoms with Gasteiger partial charge in [-0.05, 0) is 5.56 Å². The molecule has 7 nitrogen and oxygen atoms in total. The van der Waals surface area contributed by atoms with E-state index in [9.17, 15) is 13.2 Å². The summed E-state index contributed by atoms with van der Waals surface area (Å²) in [6.45, 7) is 0.360. The van der Waals surface area contributed by atoms with E-state index in [1.807, 2.05) is 30.3 Å². The Bertz CT molecular complexity index is 980. The number of halogens is 4. The number of hydrogen-bond donors (Lipinski definition) is 2. The Labute approximate surface area is 189 Å². The number of aromatic amines is 1. The number of H-pyrrole nitrogens is 1. The number of aliphatic imine (C=N–C) groups is 1. The maximum atomic E-state index is 13.1. The molecule has 0 aliphatic carbocycles. The fraction of sp³-hybridized carbons (Fsp3) is 0.316. The number of nitrogens with zero attached hydrogens (tertiary/aromatic N) is 5. The molecule has 11 heteroatoms. The fourth-order valence-electron chi connectivity index (χ4n) is 2.97. The second-order valence-electron chi connectivity index (χ2n) is 6.54. The molecule has 0 saturated heterocycles. The smallest absolute Gasteiger partial charge is 0.352 e. The van der Waals surface area contributed by atoms with Crippen molar-refractivity contribution < 1.29 is 13.2 Å². The Kier molecular flexibility index (Phi) is 7.87. The highest BCUT2D eigenvalue weighted by molar-refractivity contribution is 14.0. The first kappa shape index (κ1) is 23.7. The van der Waals surface area contributed by atoms with Crippen molar-refractivity contribution in [2.75, 3.05) is 14.1 Å².